The van der Waals surface area contributed by atoms with Crippen LogP contribution in [0, 0.1) is 6.92 Å². The summed E-state index contributed by atoms with van der Waals surface area (Å²) in [7, 11) is -3.87. The highest BCUT2D eigenvalue weighted by Crippen LogP contribution is 2.37. The predicted octanol–water partition coefficient (Wildman–Crippen LogP) is 4.38. The van der Waals surface area contributed by atoms with Gasteiger partial charge in [0.2, 0.25) is 5.17 Å². The van der Waals surface area contributed by atoms with Gasteiger partial charge in [0, 0.05) is 21.0 Å². The third-order valence-electron chi connectivity index (χ3n) is 4.17. The zero-order chi connectivity index (χ0) is 19.9. The minimum Gasteiger partial charge on any atom is -0.369 e. The number of nitrogens with one attached hydrogen (secondary N) is 1. The molecule has 9 heteroatoms. The van der Waals surface area contributed by atoms with Crippen LogP contribution < -0.4 is 11.1 Å². The second-order valence-electron chi connectivity index (χ2n) is 6.15. The van der Waals surface area contributed by atoms with Crippen molar-refractivity contribution in [2.75, 3.05) is 5.32 Å². The molecule has 0 amide bonds. The van der Waals surface area contributed by atoms with Crippen molar-refractivity contribution in [2.24, 2.45) is 15.1 Å². The Kier molecular flexibility index (Phi) is 4.78. The quantitative estimate of drug-likeness (QED) is 0.441. The molecule has 0 radical (unpaired) electrons. The van der Waals surface area contributed by atoms with E-state index < -0.39 is 10.0 Å². The smallest absolute Gasteiger partial charge is 0.285 e. The highest BCUT2D eigenvalue weighted by atomic mass is 35.5. The normalized spacial score (nSPS) is 15.8. The summed E-state index contributed by atoms with van der Waals surface area (Å²) in [5.74, 6) is 0.0412. The van der Waals surface area contributed by atoms with Crippen LogP contribution in [0.3, 0.4) is 0 Å². The molecule has 0 aromatic heterocycles. The van der Waals surface area contributed by atoms with E-state index in [4.69, 9.17) is 17.3 Å². The number of thioether (sulfide) groups is 1. The van der Waals surface area contributed by atoms with Gasteiger partial charge in [-0.2, -0.15) is 13.4 Å². The van der Waals surface area contributed by atoms with Gasteiger partial charge in [-0.15, -0.1) is 4.40 Å². The molecule has 4 rings (SSSR count). The van der Waals surface area contributed by atoms with Gasteiger partial charge in [-0.1, -0.05) is 48.0 Å². The van der Waals surface area contributed by atoms with E-state index in [9.17, 15) is 8.42 Å². The van der Waals surface area contributed by atoms with Gasteiger partial charge in [0.1, 0.15) is 4.90 Å². The fraction of sp³-hybridized carbons (Fsp3) is 0.0526. The average Bonchev–Trinajstić information content (AvgIpc) is 2.63. The van der Waals surface area contributed by atoms with Crippen LogP contribution in [0.5, 0.6) is 0 Å². The molecule has 0 bridgehead atoms. The molecular weight excluding hydrogens is 416 g/mol. The van der Waals surface area contributed by atoms with E-state index in [1.807, 2.05) is 42.5 Å². The number of anilines is 1. The van der Waals surface area contributed by atoms with Gasteiger partial charge in [-0.3, -0.25) is 0 Å². The molecule has 1 heterocycles. The minimum atomic E-state index is -3.87. The molecule has 0 saturated heterocycles. The molecule has 0 saturated carbocycles. The van der Waals surface area contributed by atoms with Crippen molar-refractivity contribution < 1.29 is 8.42 Å². The summed E-state index contributed by atoms with van der Waals surface area (Å²) in [6, 6.07) is 16.7. The largest absolute Gasteiger partial charge is 0.369 e. The van der Waals surface area contributed by atoms with Crippen LogP contribution in [0.15, 0.2) is 73.8 Å². The highest BCUT2D eigenvalue weighted by Gasteiger charge is 2.27. The van der Waals surface area contributed by atoms with E-state index in [1.54, 1.807) is 13.0 Å². The zero-order valence-electron chi connectivity index (χ0n) is 14.7. The zero-order valence-corrected chi connectivity index (χ0v) is 17.1. The van der Waals surface area contributed by atoms with Crippen LogP contribution in [0.4, 0.5) is 5.69 Å². The van der Waals surface area contributed by atoms with E-state index in [-0.39, 0.29) is 16.0 Å². The van der Waals surface area contributed by atoms with Gasteiger partial charge in [0.05, 0.1) is 0 Å². The summed E-state index contributed by atoms with van der Waals surface area (Å²) in [4.78, 5) is 4.76. The van der Waals surface area contributed by atoms with Crippen LogP contribution >= 0.6 is 23.4 Å². The van der Waals surface area contributed by atoms with Crippen LogP contribution in [-0.2, 0) is 10.0 Å². The molecule has 0 unspecified atom stereocenters. The fourth-order valence-electron chi connectivity index (χ4n) is 2.83. The molecular formula is C19H15ClN4O2S2. The van der Waals surface area contributed by atoms with Crippen molar-refractivity contribution in [3.05, 3.63) is 65.2 Å². The number of hydrogen-bond acceptors (Lipinski definition) is 4. The Morgan fingerprint density at radius 2 is 1.93 bits per heavy atom. The van der Waals surface area contributed by atoms with E-state index in [0.717, 1.165) is 28.2 Å². The summed E-state index contributed by atoms with van der Waals surface area (Å²) in [5.41, 5.74) is 7.45. The van der Waals surface area contributed by atoms with Gasteiger partial charge in [-0.05, 0) is 47.8 Å². The number of benzene rings is 3. The van der Waals surface area contributed by atoms with Crippen LogP contribution in [0.1, 0.15) is 5.56 Å². The number of nitrogens with zero attached hydrogens (tertiary/aromatic N) is 2. The molecule has 1 aliphatic heterocycles. The van der Waals surface area contributed by atoms with Gasteiger partial charge < -0.3 is 11.1 Å². The van der Waals surface area contributed by atoms with Gasteiger partial charge in [0.25, 0.3) is 10.0 Å². The molecule has 3 N–H and O–H groups in total. The first-order chi connectivity index (χ1) is 13.3. The van der Waals surface area contributed by atoms with Crippen molar-refractivity contribution in [1.82, 2.24) is 0 Å². The number of guanidine groups is 1. The molecule has 0 atom stereocenters. The van der Waals surface area contributed by atoms with Crippen molar-refractivity contribution in [1.29, 1.82) is 0 Å². The maximum absolute atomic E-state index is 12.5. The summed E-state index contributed by atoms with van der Waals surface area (Å²) in [6.45, 7) is 1.74. The van der Waals surface area contributed by atoms with Crippen molar-refractivity contribution in [2.45, 2.75) is 16.7 Å². The van der Waals surface area contributed by atoms with E-state index in [2.05, 4.69) is 14.7 Å². The highest BCUT2D eigenvalue weighted by molar-refractivity contribution is 8.15. The summed E-state index contributed by atoms with van der Waals surface area (Å²) in [5, 5.41) is 5.54. The summed E-state index contributed by atoms with van der Waals surface area (Å²) >= 11 is 7.24. The number of aryl methyl sites for hydroxylation is 1. The molecule has 1 aliphatic rings. The number of aliphatic imine (C=N–C) groups is 1. The third kappa shape index (κ3) is 3.58. The number of nitrogens with two attached hydrogens (primary N) is 1. The van der Waals surface area contributed by atoms with Gasteiger partial charge in [-0.25, -0.2) is 0 Å². The third-order valence-corrected chi connectivity index (χ3v) is 7.05. The molecule has 0 fully saturated rings. The lowest BCUT2D eigenvalue weighted by atomic mass is 10.1. The Balaban J connectivity index is 1.67. The molecule has 142 valence electrons. The lowest BCUT2D eigenvalue weighted by molar-refractivity contribution is 0.595. The first-order valence-electron chi connectivity index (χ1n) is 8.25. The van der Waals surface area contributed by atoms with E-state index in [0.29, 0.717) is 15.5 Å². The molecule has 3 aromatic rings. The van der Waals surface area contributed by atoms with Crippen molar-refractivity contribution >= 4 is 61.0 Å². The molecule has 0 spiro atoms. The lowest BCUT2D eigenvalue weighted by Crippen LogP contribution is -2.24. The second kappa shape index (κ2) is 7.12. The topological polar surface area (TPSA) is 96.9 Å². The monoisotopic (exact) mass is 430 g/mol. The number of rotatable bonds is 1. The maximum atomic E-state index is 12.5. The number of hydrogen-bond donors (Lipinski definition) is 2. The number of amidine groups is 1. The summed E-state index contributed by atoms with van der Waals surface area (Å²) < 4.78 is 28.7. The van der Waals surface area contributed by atoms with E-state index in [1.165, 1.54) is 6.07 Å². The fourth-order valence-corrected chi connectivity index (χ4v) is 5.61. The van der Waals surface area contributed by atoms with Gasteiger partial charge in [0.15, 0.2) is 5.96 Å². The van der Waals surface area contributed by atoms with Crippen molar-refractivity contribution in [3.8, 4) is 0 Å². The Morgan fingerprint density at radius 1 is 1.18 bits per heavy atom. The van der Waals surface area contributed by atoms with Crippen LogP contribution in [0.25, 0.3) is 10.8 Å². The Hall–Kier alpha value is -2.55. The lowest BCUT2D eigenvalue weighted by Gasteiger charge is -2.15. The SMILES string of the molecule is Cc1cc2c(cc1Cl)SC(/N=C(/N)Nc1cccc3ccccc13)=NS2(=O)=O. The first-order valence-corrected chi connectivity index (χ1v) is 10.9. The minimum absolute atomic E-state index is 0.0256. The second-order valence-corrected chi connectivity index (χ2v) is 9.14. The number of halogens is 1. The molecule has 0 aliphatic carbocycles. The molecule has 3 aromatic carbocycles. The van der Waals surface area contributed by atoms with Crippen LogP contribution in [0.2, 0.25) is 5.02 Å². The van der Waals surface area contributed by atoms with Gasteiger partial charge >= 0.3 is 0 Å². The van der Waals surface area contributed by atoms with Crippen molar-refractivity contribution in [3.63, 3.8) is 0 Å². The molecule has 6 nitrogen and oxygen atoms in total. The maximum Gasteiger partial charge on any atom is 0.285 e. The standard InChI is InChI=1S/C19H15ClN4O2S2/c1-11-9-17-16(10-14(11)20)27-19(24-28(17,25)26)23-18(21)22-15-8-4-6-12-5-2-3-7-13(12)15/h2-10H,1H3,(H3,21,22,23,24). The summed E-state index contributed by atoms with van der Waals surface area (Å²) in [6.07, 6.45) is 0. The first kappa shape index (κ1) is 18.8. The number of sulfonamides is 1. The number of fused-ring (bicyclic) bond motifs is 2. The Labute approximate surface area is 171 Å². The van der Waals surface area contributed by atoms with Crippen LogP contribution in [-0.4, -0.2) is 19.5 Å². The Bertz CT molecular complexity index is 1260. The predicted molar refractivity (Wildman–Crippen MR) is 116 cm³/mol. The average molecular weight is 431 g/mol. The molecule has 28 heavy (non-hydrogen) atoms. The van der Waals surface area contributed by atoms with E-state index >= 15 is 0 Å². The Morgan fingerprint density at radius 3 is 2.75 bits per heavy atom.